The first-order valence-electron chi connectivity index (χ1n) is 9.27. The number of likely N-dealkylation sites (N-methyl/N-ethyl adjacent to an activating group) is 1. The third-order valence-electron chi connectivity index (χ3n) is 5.04. The van der Waals surface area contributed by atoms with E-state index in [9.17, 15) is 4.79 Å². The van der Waals surface area contributed by atoms with Gasteiger partial charge in [-0.05, 0) is 24.7 Å². The quantitative estimate of drug-likeness (QED) is 0.700. The third kappa shape index (κ3) is 3.65. The Kier molecular flexibility index (Phi) is 5.74. The Morgan fingerprint density at radius 1 is 1.04 bits per heavy atom. The Morgan fingerprint density at radius 3 is 2.38 bits per heavy atom. The lowest BCUT2D eigenvalue weighted by Crippen LogP contribution is -2.38. The van der Waals surface area contributed by atoms with Crippen LogP contribution in [0.5, 0.6) is 0 Å². The van der Waals surface area contributed by atoms with Crippen LogP contribution in [0.25, 0.3) is 10.9 Å². The summed E-state index contributed by atoms with van der Waals surface area (Å²) in [4.78, 5) is 15.2. The molecule has 1 aromatic heterocycles. The Balaban J connectivity index is 1.81. The Hall–Kier alpha value is -2.59. The van der Waals surface area contributed by atoms with E-state index >= 15 is 0 Å². The van der Waals surface area contributed by atoms with E-state index in [0.29, 0.717) is 6.54 Å². The highest BCUT2D eigenvalue weighted by molar-refractivity contribution is 6.06. The molecule has 136 valence electrons. The van der Waals surface area contributed by atoms with Crippen molar-refractivity contribution in [2.45, 2.75) is 19.9 Å². The van der Waals surface area contributed by atoms with E-state index in [2.05, 4.69) is 48.3 Å². The molecule has 0 aliphatic rings. The van der Waals surface area contributed by atoms with Gasteiger partial charge in [-0.3, -0.25) is 9.69 Å². The van der Waals surface area contributed by atoms with Crippen LogP contribution in [0, 0.1) is 0 Å². The molecule has 1 amide bonds. The number of benzene rings is 2. The summed E-state index contributed by atoms with van der Waals surface area (Å²) in [6, 6.07) is 18.6. The van der Waals surface area contributed by atoms with Crippen LogP contribution >= 0.6 is 0 Å². The second-order valence-electron chi connectivity index (χ2n) is 6.53. The van der Waals surface area contributed by atoms with E-state index in [1.54, 1.807) is 0 Å². The van der Waals surface area contributed by atoms with E-state index in [-0.39, 0.29) is 11.9 Å². The molecule has 4 nitrogen and oxygen atoms in total. The molecular formula is C22H27N3O. The van der Waals surface area contributed by atoms with Crippen molar-refractivity contribution < 1.29 is 4.79 Å². The van der Waals surface area contributed by atoms with Gasteiger partial charge in [0.05, 0.1) is 11.6 Å². The molecule has 0 spiro atoms. The number of carbonyl (C=O) groups is 1. The minimum Gasteiger partial charge on any atom is -0.350 e. The topological polar surface area (TPSA) is 37.3 Å². The summed E-state index contributed by atoms with van der Waals surface area (Å²) in [5.41, 5.74) is 3.03. The summed E-state index contributed by atoms with van der Waals surface area (Å²) in [5.74, 6) is -0.0186. The van der Waals surface area contributed by atoms with Crippen molar-refractivity contribution >= 4 is 16.8 Å². The minimum atomic E-state index is -0.0186. The van der Waals surface area contributed by atoms with Crippen LogP contribution in [0.15, 0.2) is 60.8 Å². The number of nitrogens with one attached hydrogen (secondary N) is 1. The normalized spacial score (nSPS) is 12.5. The maximum absolute atomic E-state index is 12.9. The van der Waals surface area contributed by atoms with Crippen molar-refractivity contribution in [3.05, 3.63) is 71.9 Å². The molecular weight excluding hydrogens is 322 g/mol. The summed E-state index contributed by atoms with van der Waals surface area (Å²) in [6.45, 7) is 6.80. The molecule has 2 aromatic carbocycles. The van der Waals surface area contributed by atoms with Gasteiger partial charge in [0.1, 0.15) is 0 Å². The van der Waals surface area contributed by atoms with Crippen molar-refractivity contribution in [3.8, 4) is 0 Å². The maximum atomic E-state index is 12.9. The van der Waals surface area contributed by atoms with Gasteiger partial charge in [-0.1, -0.05) is 62.4 Å². The first-order chi connectivity index (χ1) is 12.7. The fourth-order valence-corrected chi connectivity index (χ4v) is 3.60. The first kappa shape index (κ1) is 18.2. The third-order valence-corrected chi connectivity index (χ3v) is 5.04. The van der Waals surface area contributed by atoms with E-state index < -0.39 is 0 Å². The molecule has 0 saturated heterocycles. The predicted octanol–water partition coefficient (Wildman–Crippen LogP) is 3.99. The van der Waals surface area contributed by atoms with Crippen LogP contribution in [0.1, 0.15) is 35.8 Å². The van der Waals surface area contributed by atoms with Crippen LogP contribution in [0.3, 0.4) is 0 Å². The van der Waals surface area contributed by atoms with Gasteiger partial charge in [0, 0.05) is 30.7 Å². The van der Waals surface area contributed by atoms with Crippen molar-refractivity contribution in [1.82, 2.24) is 14.8 Å². The molecule has 1 unspecified atom stereocenters. The van der Waals surface area contributed by atoms with Crippen molar-refractivity contribution in [2.24, 2.45) is 7.05 Å². The van der Waals surface area contributed by atoms with Gasteiger partial charge in [-0.15, -0.1) is 0 Å². The molecule has 0 saturated carbocycles. The number of hydrogen-bond donors (Lipinski definition) is 1. The maximum Gasteiger partial charge on any atom is 0.253 e. The lowest BCUT2D eigenvalue weighted by atomic mass is 10.0. The van der Waals surface area contributed by atoms with E-state index in [1.165, 1.54) is 5.56 Å². The number of hydrogen-bond acceptors (Lipinski definition) is 2. The van der Waals surface area contributed by atoms with Crippen LogP contribution < -0.4 is 5.32 Å². The number of rotatable bonds is 7. The molecule has 0 aliphatic carbocycles. The van der Waals surface area contributed by atoms with E-state index in [0.717, 1.165) is 29.6 Å². The molecule has 0 aliphatic heterocycles. The number of fused-ring (bicyclic) bond motifs is 1. The molecule has 0 radical (unpaired) electrons. The summed E-state index contributed by atoms with van der Waals surface area (Å²) < 4.78 is 2.00. The average molecular weight is 349 g/mol. The van der Waals surface area contributed by atoms with Crippen LogP contribution in [-0.2, 0) is 7.05 Å². The second-order valence-corrected chi connectivity index (χ2v) is 6.53. The monoisotopic (exact) mass is 349 g/mol. The molecule has 0 bridgehead atoms. The van der Waals surface area contributed by atoms with Gasteiger partial charge in [0.15, 0.2) is 0 Å². The molecule has 26 heavy (non-hydrogen) atoms. The number of carbonyl (C=O) groups excluding carboxylic acids is 1. The van der Waals surface area contributed by atoms with Gasteiger partial charge in [-0.25, -0.2) is 0 Å². The second kappa shape index (κ2) is 8.19. The predicted molar refractivity (Wildman–Crippen MR) is 107 cm³/mol. The smallest absolute Gasteiger partial charge is 0.253 e. The summed E-state index contributed by atoms with van der Waals surface area (Å²) >= 11 is 0. The van der Waals surface area contributed by atoms with Gasteiger partial charge in [-0.2, -0.15) is 0 Å². The zero-order valence-corrected chi connectivity index (χ0v) is 15.8. The minimum absolute atomic E-state index is 0.0186. The summed E-state index contributed by atoms with van der Waals surface area (Å²) in [5, 5.41) is 4.15. The highest BCUT2D eigenvalue weighted by atomic mass is 16.1. The number of aromatic nitrogens is 1. The highest BCUT2D eigenvalue weighted by Gasteiger charge is 2.20. The standard InChI is InChI=1S/C22H27N3O/c1-4-25(5-2)21(17-11-7-6-8-12-17)15-23-22(26)19-16-24(3)20-14-10-9-13-18(19)20/h6-14,16,21H,4-5,15H2,1-3H3,(H,23,26). The molecule has 3 rings (SSSR count). The Labute approximate surface area is 155 Å². The number of para-hydroxylation sites is 1. The number of amides is 1. The lowest BCUT2D eigenvalue weighted by Gasteiger charge is -2.30. The SMILES string of the molecule is CCN(CC)C(CNC(=O)c1cn(C)c2ccccc12)c1ccccc1. The van der Waals surface area contributed by atoms with E-state index in [4.69, 9.17) is 0 Å². The van der Waals surface area contributed by atoms with Gasteiger partial charge in [0.25, 0.3) is 5.91 Å². The molecule has 3 aromatic rings. The Morgan fingerprint density at radius 2 is 1.69 bits per heavy atom. The fraction of sp³-hybridized carbons (Fsp3) is 0.318. The zero-order chi connectivity index (χ0) is 18.5. The fourth-order valence-electron chi connectivity index (χ4n) is 3.60. The van der Waals surface area contributed by atoms with Crippen LogP contribution in [0.4, 0.5) is 0 Å². The van der Waals surface area contributed by atoms with Gasteiger partial charge in [0.2, 0.25) is 0 Å². The summed E-state index contributed by atoms with van der Waals surface area (Å²) in [6.07, 6.45) is 1.91. The number of aryl methyl sites for hydroxylation is 1. The largest absolute Gasteiger partial charge is 0.350 e. The summed E-state index contributed by atoms with van der Waals surface area (Å²) in [7, 11) is 1.97. The molecule has 1 atom stereocenters. The highest BCUT2D eigenvalue weighted by Crippen LogP contribution is 2.22. The van der Waals surface area contributed by atoms with Crippen molar-refractivity contribution in [3.63, 3.8) is 0 Å². The number of nitrogens with zero attached hydrogens (tertiary/aromatic N) is 2. The van der Waals surface area contributed by atoms with Crippen LogP contribution in [0.2, 0.25) is 0 Å². The molecule has 0 fully saturated rings. The molecule has 1 N–H and O–H groups in total. The Bertz CT molecular complexity index is 865. The van der Waals surface area contributed by atoms with E-state index in [1.807, 2.05) is 48.1 Å². The van der Waals surface area contributed by atoms with Gasteiger partial charge < -0.3 is 9.88 Å². The first-order valence-corrected chi connectivity index (χ1v) is 9.27. The molecule has 4 heteroatoms. The lowest BCUT2D eigenvalue weighted by molar-refractivity contribution is 0.0936. The average Bonchev–Trinajstić information content (AvgIpc) is 3.03. The van der Waals surface area contributed by atoms with Crippen LogP contribution in [-0.4, -0.2) is 35.0 Å². The zero-order valence-electron chi connectivity index (χ0n) is 15.8. The van der Waals surface area contributed by atoms with Crippen molar-refractivity contribution in [2.75, 3.05) is 19.6 Å². The van der Waals surface area contributed by atoms with Crippen molar-refractivity contribution in [1.29, 1.82) is 0 Å². The molecule has 1 heterocycles. The van der Waals surface area contributed by atoms with Gasteiger partial charge >= 0.3 is 0 Å².